The molecule has 1 saturated heterocycles. The maximum atomic E-state index is 13.7. The van der Waals surface area contributed by atoms with E-state index >= 15 is 0 Å². The van der Waals surface area contributed by atoms with E-state index in [4.69, 9.17) is 9.15 Å². The van der Waals surface area contributed by atoms with Crippen LogP contribution in [0.2, 0.25) is 0 Å². The average molecular weight is 339 g/mol. The Morgan fingerprint density at radius 3 is 2.83 bits per heavy atom. The van der Waals surface area contributed by atoms with Gasteiger partial charge in [0.2, 0.25) is 10.0 Å². The lowest BCUT2D eigenvalue weighted by Gasteiger charge is -2.47. The lowest BCUT2D eigenvalue weighted by atomic mass is 9.74. The Morgan fingerprint density at radius 2 is 2.09 bits per heavy atom. The molecule has 1 spiro atoms. The predicted molar refractivity (Wildman–Crippen MR) is 82.0 cm³/mol. The van der Waals surface area contributed by atoms with Gasteiger partial charge in [-0.1, -0.05) is 0 Å². The molecule has 0 amide bonds. The summed E-state index contributed by atoms with van der Waals surface area (Å²) in [6.45, 7) is 0.567. The third kappa shape index (κ3) is 2.56. The van der Waals surface area contributed by atoms with Crippen LogP contribution < -0.4 is 4.72 Å². The smallest absolute Gasteiger partial charge is 0.241 e. The third-order valence-electron chi connectivity index (χ3n) is 4.90. The van der Waals surface area contributed by atoms with E-state index in [1.165, 1.54) is 18.4 Å². The summed E-state index contributed by atoms with van der Waals surface area (Å²) < 4.78 is 52.8. The van der Waals surface area contributed by atoms with E-state index in [0.717, 1.165) is 25.3 Å². The number of fused-ring (bicyclic) bond motifs is 1. The average Bonchev–Trinajstić information content (AvgIpc) is 2.95. The molecule has 0 radical (unpaired) electrons. The monoisotopic (exact) mass is 339 g/mol. The van der Waals surface area contributed by atoms with E-state index in [0.29, 0.717) is 19.4 Å². The molecule has 124 valence electrons. The van der Waals surface area contributed by atoms with Crippen LogP contribution in [0, 0.1) is 5.82 Å². The molecule has 1 N–H and O–H groups in total. The van der Waals surface area contributed by atoms with E-state index in [2.05, 4.69) is 4.72 Å². The molecule has 1 aromatic carbocycles. The molecule has 23 heavy (non-hydrogen) atoms. The van der Waals surface area contributed by atoms with E-state index < -0.39 is 15.8 Å². The van der Waals surface area contributed by atoms with Gasteiger partial charge in [-0.2, -0.15) is 0 Å². The first kappa shape index (κ1) is 15.1. The van der Waals surface area contributed by atoms with Crippen molar-refractivity contribution in [2.24, 2.45) is 0 Å². The molecule has 1 aromatic heterocycles. The van der Waals surface area contributed by atoms with Gasteiger partial charge in [-0.15, -0.1) is 0 Å². The minimum absolute atomic E-state index is 0.0321. The maximum absolute atomic E-state index is 13.7. The highest BCUT2D eigenvalue weighted by Gasteiger charge is 2.43. The second-order valence-corrected chi connectivity index (χ2v) is 8.09. The normalized spacial score (nSPS) is 24.0. The van der Waals surface area contributed by atoms with Crippen LogP contribution in [-0.4, -0.2) is 26.7 Å². The Morgan fingerprint density at radius 1 is 1.26 bits per heavy atom. The summed E-state index contributed by atoms with van der Waals surface area (Å²) >= 11 is 0. The van der Waals surface area contributed by atoms with Crippen molar-refractivity contribution < 1.29 is 22.0 Å². The predicted octanol–water partition coefficient (Wildman–Crippen LogP) is 2.95. The Labute approximate surface area is 133 Å². The number of benzene rings is 1. The van der Waals surface area contributed by atoms with Gasteiger partial charge in [0.05, 0.1) is 16.8 Å². The van der Waals surface area contributed by atoms with Crippen molar-refractivity contribution >= 4 is 21.0 Å². The maximum Gasteiger partial charge on any atom is 0.241 e. The van der Waals surface area contributed by atoms with Crippen LogP contribution in [0.25, 0.3) is 11.0 Å². The standard InChI is InChI=1S/C16H18FNO4S/c17-13-2-3-14(12-5-8-21-15(12)13)23(19,20)18-11-4-9-22-16(10-11)6-1-7-16/h2-3,5,8,11,18H,1,4,6-7,9-10H2. The van der Waals surface area contributed by atoms with Gasteiger partial charge in [0, 0.05) is 18.0 Å². The Hall–Kier alpha value is -1.44. The molecule has 2 aromatic rings. The number of furan rings is 1. The minimum atomic E-state index is -3.74. The Bertz CT molecular complexity index is 841. The topological polar surface area (TPSA) is 68.5 Å². The zero-order chi connectivity index (χ0) is 16.1. The van der Waals surface area contributed by atoms with Gasteiger partial charge in [-0.3, -0.25) is 0 Å². The molecule has 2 fully saturated rings. The first-order valence-corrected chi connectivity index (χ1v) is 9.29. The Balaban J connectivity index is 1.62. The zero-order valence-corrected chi connectivity index (χ0v) is 13.4. The van der Waals surface area contributed by atoms with Gasteiger partial charge in [-0.05, 0) is 50.3 Å². The molecule has 1 unspecified atom stereocenters. The molecule has 2 aliphatic rings. The zero-order valence-electron chi connectivity index (χ0n) is 12.5. The first-order chi connectivity index (χ1) is 11.0. The third-order valence-corrected chi connectivity index (χ3v) is 6.48. The van der Waals surface area contributed by atoms with Crippen LogP contribution in [0.15, 0.2) is 33.8 Å². The quantitative estimate of drug-likeness (QED) is 0.933. The fourth-order valence-corrected chi connectivity index (χ4v) is 5.03. The fourth-order valence-electron chi connectivity index (χ4n) is 3.57. The molecule has 0 bridgehead atoms. The lowest BCUT2D eigenvalue weighted by molar-refractivity contribution is -0.133. The van der Waals surface area contributed by atoms with Crippen molar-refractivity contribution in [3.63, 3.8) is 0 Å². The Kier molecular flexibility index (Phi) is 3.48. The minimum Gasteiger partial charge on any atom is -0.461 e. The summed E-state index contributed by atoms with van der Waals surface area (Å²) in [6, 6.07) is 3.73. The van der Waals surface area contributed by atoms with Crippen LogP contribution in [-0.2, 0) is 14.8 Å². The van der Waals surface area contributed by atoms with Gasteiger partial charge in [0.1, 0.15) is 0 Å². The highest BCUT2D eigenvalue weighted by Crippen LogP contribution is 2.42. The highest BCUT2D eigenvalue weighted by atomic mass is 32.2. The van der Waals surface area contributed by atoms with E-state index in [9.17, 15) is 12.8 Å². The number of ether oxygens (including phenoxy) is 1. The number of hydrogen-bond acceptors (Lipinski definition) is 4. The molecule has 1 aliphatic heterocycles. The molecule has 5 nitrogen and oxygen atoms in total. The molecule has 1 aliphatic carbocycles. The lowest BCUT2D eigenvalue weighted by Crippen LogP contribution is -2.51. The second-order valence-electron chi connectivity index (χ2n) is 6.40. The molecule has 4 rings (SSSR count). The SMILES string of the molecule is O=S(=O)(NC1CCOC2(CCC2)C1)c1ccc(F)c2occc12. The van der Waals surface area contributed by atoms with Crippen LogP contribution in [0.5, 0.6) is 0 Å². The largest absolute Gasteiger partial charge is 0.461 e. The van der Waals surface area contributed by atoms with Crippen molar-refractivity contribution in [2.45, 2.75) is 48.6 Å². The molecule has 1 atom stereocenters. The number of sulfonamides is 1. The number of halogens is 1. The summed E-state index contributed by atoms with van der Waals surface area (Å²) in [5.74, 6) is -0.566. The molecule has 1 saturated carbocycles. The fraction of sp³-hybridized carbons (Fsp3) is 0.500. The van der Waals surface area contributed by atoms with Gasteiger partial charge in [-0.25, -0.2) is 17.5 Å². The molecule has 7 heteroatoms. The summed E-state index contributed by atoms with van der Waals surface area (Å²) in [6.07, 6.45) is 5.76. The number of hydrogen-bond donors (Lipinski definition) is 1. The van der Waals surface area contributed by atoms with Gasteiger partial charge >= 0.3 is 0 Å². The van der Waals surface area contributed by atoms with Gasteiger partial charge in [0.15, 0.2) is 11.4 Å². The van der Waals surface area contributed by atoms with Crippen molar-refractivity contribution in [2.75, 3.05) is 6.61 Å². The molecule has 2 heterocycles. The van der Waals surface area contributed by atoms with Crippen LogP contribution in [0.4, 0.5) is 4.39 Å². The summed E-state index contributed by atoms with van der Waals surface area (Å²) in [7, 11) is -3.74. The second kappa shape index (κ2) is 5.29. The van der Waals surface area contributed by atoms with Crippen LogP contribution in [0.3, 0.4) is 0 Å². The summed E-state index contributed by atoms with van der Waals surface area (Å²) in [5, 5.41) is 0.267. The van der Waals surface area contributed by atoms with E-state index in [1.54, 1.807) is 0 Å². The van der Waals surface area contributed by atoms with Gasteiger partial charge < -0.3 is 9.15 Å². The highest BCUT2D eigenvalue weighted by molar-refractivity contribution is 7.89. The van der Waals surface area contributed by atoms with Crippen molar-refractivity contribution in [1.29, 1.82) is 0 Å². The summed E-state index contributed by atoms with van der Waals surface area (Å²) in [4.78, 5) is 0.0526. The van der Waals surface area contributed by atoms with Crippen molar-refractivity contribution in [1.82, 2.24) is 4.72 Å². The van der Waals surface area contributed by atoms with E-state index in [-0.39, 0.29) is 27.5 Å². The van der Waals surface area contributed by atoms with Crippen molar-refractivity contribution in [3.05, 3.63) is 30.3 Å². The van der Waals surface area contributed by atoms with E-state index in [1.807, 2.05) is 0 Å². The van der Waals surface area contributed by atoms with Gasteiger partial charge in [0.25, 0.3) is 0 Å². The van der Waals surface area contributed by atoms with Crippen LogP contribution in [0.1, 0.15) is 32.1 Å². The van der Waals surface area contributed by atoms with Crippen LogP contribution >= 0.6 is 0 Å². The number of nitrogens with one attached hydrogen (secondary N) is 1. The molecular weight excluding hydrogens is 321 g/mol. The molecular formula is C16H18FNO4S. The number of rotatable bonds is 3. The van der Waals surface area contributed by atoms with Crippen molar-refractivity contribution in [3.8, 4) is 0 Å². The first-order valence-electron chi connectivity index (χ1n) is 7.81. The summed E-state index contributed by atoms with van der Waals surface area (Å²) in [5.41, 5.74) is -0.172.